The Morgan fingerprint density at radius 1 is 1.00 bits per heavy atom. The number of nitro benzene ring substituents is 1. The van der Waals surface area contributed by atoms with Crippen molar-refractivity contribution in [2.24, 2.45) is 0 Å². The van der Waals surface area contributed by atoms with Crippen LogP contribution in [0.15, 0.2) is 36.4 Å². The van der Waals surface area contributed by atoms with Crippen molar-refractivity contribution in [3.05, 3.63) is 63.2 Å². The molecule has 1 fully saturated rings. The van der Waals surface area contributed by atoms with Crippen molar-refractivity contribution >= 4 is 5.69 Å². The number of rotatable bonds is 4. The summed E-state index contributed by atoms with van der Waals surface area (Å²) in [5.41, 5.74) is 2.55. The van der Waals surface area contributed by atoms with Crippen LogP contribution in [0.2, 0.25) is 0 Å². The molecule has 6 heteroatoms. The molecule has 0 amide bonds. The summed E-state index contributed by atoms with van der Waals surface area (Å²) in [5.74, 6) is 1.70. The van der Waals surface area contributed by atoms with E-state index in [-0.39, 0.29) is 22.6 Å². The lowest BCUT2D eigenvalue weighted by atomic mass is 9.75. The van der Waals surface area contributed by atoms with E-state index in [0.717, 1.165) is 42.6 Å². The largest absolute Gasteiger partial charge is 0.496 e. The number of methoxy groups -OCH3 is 2. The van der Waals surface area contributed by atoms with Crippen LogP contribution in [0.1, 0.15) is 54.4 Å². The maximum absolute atomic E-state index is 11.6. The molecule has 6 nitrogen and oxygen atoms in total. The average Bonchev–Trinajstić information content (AvgIpc) is 2.72. The summed E-state index contributed by atoms with van der Waals surface area (Å²) < 4.78 is 17.8. The number of fused-ring (bicyclic) bond motifs is 3. The highest BCUT2D eigenvalue weighted by Gasteiger charge is 2.43. The summed E-state index contributed by atoms with van der Waals surface area (Å²) in [6.07, 6.45) is 3.68. The summed E-state index contributed by atoms with van der Waals surface area (Å²) in [5, 5.41) is 11.6. The van der Waals surface area contributed by atoms with Crippen LogP contribution in [0, 0.1) is 10.1 Å². The number of benzene rings is 2. The van der Waals surface area contributed by atoms with Gasteiger partial charge in [-0.15, -0.1) is 0 Å². The van der Waals surface area contributed by atoms with E-state index in [0.29, 0.717) is 11.3 Å². The molecule has 0 radical (unpaired) electrons. The molecule has 2 aromatic carbocycles. The van der Waals surface area contributed by atoms with Crippen LogP contribution in [0.5, 0.6) is 11.5 Å². The van der Waals surface area contributed by atoms with E-state index >= 15 is 0 Å². The SMILES string of the molecule is COc1ccc(OC)c2c1[C@H](c1ccccc1[N+](=O)[O-])O[C@H]1CCCC[C@H]21. The molecule has 2 aliphatic rings. The second-order valence-corrected chi connectivity index (χ2v) is 7.06. The van der Waals surface area contributed by atoms with E-state index in [2.05, 4.69) is 0 Å². The number of ether oxygens (including phenoxy) is 3. The van der Waals surface area contributed by atoms with Gasteiger partial charge in [-0.25, -0.2) is 0 Å². The lowest BCUT2D eigenvalue weighted by molar-refractivity contribution is -0.386. The fraction of sp³-hybridized carbons (Fsp3) is 0.429. The zero-order valence-electron chi connectivity index (χ0n) is 15.5. The molecule has 27 heavy (non-hydrogen) atoms. The lowest BCUT2D eigenvalue weighted by Gasteiger charge is -2.42. The van der Waals surface area contributed by atoms with Gasteiger partial charge in [0.2, 0.25) is 0 Å². The summed E-state index contributed by atoms with van der Waals surface area (Å²) in [6, 6.07) is 10.6. The minimum Gasteiger partial charge on any atom is -0.496 e. The molecule has 0 N–H and O–H groups in total. The van der Waals surface area contributed by atoms with Crippen LogP contribution in [-0.2, 0) is 4.74 Å². The molecule has 4 rings (SSSR count). The Morgan fingerprint density at radius 3 is 2.37 bits per heavy atom. The summed E-state index contributed by atoms with van der Waals surface area (Å²) in [7, 11) is 3.28. The van der Waals surface area contributed by atoms with Crippen LogP contribution >= 0.6 is 0 Å². The minimum atomic E-state index is -0.550. The second-order valence-electron chi connectivity index (χ2n) is 7.06. The third-order valence-electron chi connectivity index (χ3n) is 5.71. The Kier molecular flexibility index (Phi) is 4.74. The van der Waals surface area contributed by atoms with Gasteiger partial charge < -0.3 is 14.2 Å². The first-order chi connectivity index (χ1) is 13.2. The summed E-state index contributed by atoms with van der Waals surface area (Å²) in [4.78, 5) is 11.3. The molecule has 0 unspecified atom stereocenters. The van der Waals surface area contributed by atoms with Crippen molar-refractivity contribution in [3.63, 3.8) is 0 Å². The number of hydrogen-bond donors (Lipinski definition) is 0. The van der Waals surface area contributed by atoms with Gasteiger partial charge in [0, 0.05) is 23.1 Å². The van der Waals surface area contributed by atoms with Gasteiger partial charge in [0.05, 0.1) is 30.8 Å². The average molecular weight is 369 g/mol. The Hall–Kier alpha value is -2.60. The Balaban J connectivity index is 1.96. The zero-order chi connectivity index (χ0) is 19.0. The standard InChI is InChI=1S/C21H23NO5/c1-25-17-11-12-18(26-2)20-19(17)14-8-4-6-10-16(14)27-21(20)13-7-3-5-9-15(13)22(23)24/h3,5,7,9,11-12,14,16,21H,4,6,8,10H2,1-2H3/t14-,16-,21-/m0/s1. The highest BCUT2D eigenvalue weighted by Crippen LogP contribution is 2.53. The van der Waals surface area contributed by atoms with Crippen LogP contribution in [0.4, 0.5) is 5.69 Å². The molecule has 1 heterocycles. The molecule has 1 saturated carbocycles. The predicted molar refractivity (Wildman–Crippen MR) is 101 cm³/mol. The van der Waals surface area contributed by atoms with Crippen molar-refractivity contribution in [2.75, 3.05) is 14.2 Å². The maximum Gasteiger partial charge on any atom is 0.275 e. The molecule has 3 atom stereocenters. The minimum absolute atomic E-state index is 0.0251. The molecule has 0 saturated heterocycles. The van der Waals surface area contributed by atoms with Crippen LogP contribution in [-0.4, -0.2) is 25.2 Å². The number of nitro groups is 1. The fourth-order valence-corrected chi connectivity index (χ4v) is 4.54. The highest BCUT2D eigenvalue weighted by atomic mass is 16.6. The van der Waals surface area contributed by atoms with Crippen LogP contribution in [0.25, 0.3) is 0 Å². The van der Waals surface area contributed by atoms with Gasteiger partial charge in [-0.3, -0.25) is 10.1 Å². The van der Waals surface area contributed by atoms with Gasteiger partial charge in [-0.05, 0) is 31.0 Å². The Labute approximate surface area is 158 Å². The first kappa shape index (κ1) is 17.8. The van der Waals surface area contributed by atoms with Gasteiger partial charge in [0.1, 0.15) is 17.6 Å². The smallest absolute Gasteiger partial charge is 0.275 e. The molecule has 1 aliphatic carbocycles. The molecule has 2 aromatic rings. The van der Waals surface area contributed by atoms with Gasteiger partial charge in [-0.1, -0.05) is 25.0 Å². The van der Waals surface area contributed by atoms with Gasteiger partial charge in [0.25, 0.3) is 5.69 Å². The maximum atomic E-state index is 11.6. The van der Waals surface area contributed by atoms with Gasteiger partial charge >= 0.3 is 0 Å². The normalized spacial score (nSPS) is 23.9. The third-order valence-corrected chi connectivity index (χ3v) is 5.71. The molecule has 142 valence electrons. The van der Waals surface area contributed by atoms with E-state index in [4.69, 9.17) is 14.2 Å². The molecule has 1 aliphatic heterocycles. The summed E-state index contributed by atoms with van der Waals surface area (Å²) >= 11 is 0. The van der Waals surface area contributed by atoms with Crippen molar-refractivity contribution < 1.29 is 19.1 Å². The van der Waals surface area contributed by atoms with Crippen molar-refractivity contribution in [3.8, 4) is 11.5 Å². The number of nitrogens with zero attached hydrogens (tertiary/aromatic N) is 1. The van der Waals surface area contributed by atoms with E-state index in [1.165, 1.54) is 6.07 Å². The highest BCUT2D eigenvalue weighted by molar-refractivity contribution is 5.58. The monoisotopic (exact) mass is 369 g/mol. The third kappa shape index (κ3) is 2.94. The van der Waals surface area contributed by atoms with E-state index in [1.807, 2.05) is 18.2 Å². The molecular weight excluding hydrogens is 346 g/mol. The Bertz CT molecular complexity index is 866. The first-order valence-electron chi connectivity index (χ1n) is 9.29. The number of para-hydroxylation sites is 1. The van der Waals surface area contributed by atoms with Gasteiger partial charge in [-0.2, -0.15) is 0 Å². The van der Waals surface area contributed by atoms with Crippen molar-refractivity contribution in [1.82, 2.24) is 0 Å². The first-order valence-corrected chi connectivity index (χ1v) is 9.29. The molecule has 0 spiro atoms. The van der Waals surface area contributed by atoms with Gasteiger partial charge in [0.15, 0.2) is 0 Å². The zero-order valence-corrected chi connectivity index (χ0v) is 15.5. The summed E-state index contributed by atoms with van der Waals surface area (Å²) in [6.45, 7) is 0. The topological polar surface area (TPSA) is 70.8 Å². The fourth-order valence-electron chi connectivity index (χ4n) is 4.54. The van der Waals surface area contributed by atoms with Crippen LogP contribution in [0.3, 0.4) is 0 Å². The van der Waals surface area contributed by atoms with E-state index in [1.54, 1.807) is 26.4 Å². The quantitative estimate of drug-likeness (QED) is 0.574. The molecule has 0 bridgehead atoms. The van der Waals surface area contributed by atoms with E-state index in [9.17, 15) is 10.1 Å². The van der Waals surface area contributed by atoms with Crippen molar-refractivity contribution in [2.45, 2.75) is 43.8 Å². The number of hydrogen-bond acceptors (Lipinski definition) is 5. The van der Waals surface area contributed by atoms with Crippen LogP contribution < -0.4 is 9.47 Å². The molecule has 0 aromatic heterocycles. The second kappa shape index (κ2) is 7.19. The Morgan fingerprint density at radius 2 is 1.67 bits per heavy atom. The predicted octanol–water partition coefficient (Wildman–Crippen LogP) is 4.76. The lowest BCUT2D eigenvalue weighted by Crippen LogP contribution is -2.34. The van der Waals surface area contributed by atoms with E-state index < -0.39 is 6.10 Å². The van der Waals surface area contributed by atoms with Crippen molar-refractivity contribution in [1.29, 1.82) is 0 Å². The molecular formula is C21H23NO5.